The SMILES string of the molecule is O=C(O)C1CCCN1C(c1ccc(Br)cc1)c1cccc(C(F)(F)F)c1. The number of rotatable bonds is 4. The van der Waals surface area contributed by atoms with Gasteiger partial charge in [0.2, 0.25) is 0 Å². The van der Waals surface area contributed by atoms with E-state index in [-0.39, 0.29) is 0 Å². The molecule has 26 heavy (non-hydrogen) atoms. The second-order valence-corrected chi connectivity index (χ2v) is 7.23. The zero-order chi connectivity index (χ0) is 18.9. The maximum atomic E-state index is 13.2. The monoisotopic (exact) mass is 427 g/mol. The molecule has 2 aromatic carbocycles. The first-order valence-electron chi connectivity index (χ1n) is 8.18. The minimum atomic E-state index is -4.45. The van der Waals surface area contributed by atoms with Crippen LogP contribution in [0.15, 0.2) is 53.0 Å². The van der Waals surface area contributed by atoms with Gasteiger partial charge in [0.15, 0.2) is 0 Å². The summed E-state index contributed by atoms with van der Waals surface area (Å²) in [6.07, 6.45) is -3.26. The van der Waals surface area contributed by atoms with Gasteiger partial charge in [0, 0.05) is 11.0 Å². The fraction of sp³-hybridized carbons (Fsp3) is 0.316. The summed E-state index contributed by atoms with van der Waals surface area (Å²) in [5.41, 5.74) is 0.471. The molecule has 7 heteroatoms. The Morgan fingerprint density at radius 1 is 1.15 bits per heavy atom. The second kappa shape index (κ2) is 7.40. The number of hydrogen-bond donors (Lipinski definition) is 1. The second-order valence-electron chi connectivity index (χ2n) is 6.31. The Morgan fingerprint density at radius 2 is 1.85 bits per heavy atom. The molecular formula is C19H17BrF3NO2. The van der Waals surface area contributed by atoms with Crippen LogP contribution in [0.25, 0.3) is 0 Å². The molecule has 1 saturated heterocycles. The van der Waals surface area contributed by atoms with Crippen LogP contribution in [0.4, 0.5) is 13.2 Å². The highest BCUT2D eigenvalue weighted by molar-refractivity contribution is 9.10. The lowest BCUT2D eigenvalue weighted by Crippen LogP contribution is -2.39. The van der Waals surface area contributed by atoms with E-state index in [2.05, 4.69) is 15.9 Å². The molecule has 0 saturated carbocycles. The van der Waals surface area contributed by atoms with Crippen LogP contribution in [0, 0.1) is 0 Å². The fourth-order valence-electron chi connectivity index (χ4n) is 3.47. The Bertz CT molecular complexity index is 792. The van der Waals surface area contributed by atoms with E-state index in [0.717, 1.165) is 22.2 Å². The minimum Gasteiger partial charge on any atom is -0.480 e. The average Bonchev–Trinajstić information content (AvgIpc) is 3.06. The van der Waals surface area contributed by atoms with Crippen molar-refractivity contribution < 1.29 is 23.1 Å². The summed E-state index contributed by atoms with van der Waals surface area (Å²) in [5, 5.41) is 9.53. The first-order chi connectivity index (χ1) is 12.3. The number of halogens is 4. The highest BCUT2D eigenvalue weighted by Gasteiger charge is 2.38. The summed E-state index contributed by atoms with van der Waals surface area (Å²) in [5.74, 6) is -0.948. The number of likely N-dealkylation sites (tertiary alicyclic amines) is 1. The van der Waals surface area contributed by atoms with E-state index in [1.54, 1.807) is 11.0 Å². The van der Waals surface area contributed by atoms with Gasteiger partial charge in [-0.3, -0.25) is 9.69 Å². The van der Waals surface area contributed by atoms with Gasteiger partial charge in [-0.1, -0.05) is 40.2 Å². The number of carboxylic acid groups (broad SMARTS) is 1. The zero-order valence-corrected chi connectivity index (χ0v) is 15.3. The van der Waals surface area contributed by atoms with Gasteiger partial charge in [0.1, 0.15) is 6.04 Å². The Labute approximate surface area is 157 Å². The maximum Gasteiger partial charge on any atom is 0.416 e. The maximum absolute atomic E-state index is 13.2. The van der Waals surface area contributed by atoms with Crippen molar-refractivity contribution in [3.05, 3.63) is 69.7 Å². The lowest BCUT2D eigenvalue weighted by molar-refractivity contribution is -0.143. The largest absolute Gasteiger partial charge is 0.480 e. The summed E-state index contributed by atoms with van der Waals surface area (Å²) in [6.45, 7) is 0.522. The smallest absolute Gasteiger partial charge is 0.416 e. The molecule has 1 fully saturated rings. The summed E-state index contributed by atoms with van der Waals surface area (Å²) < 4.78 is 40.3. The van der Waals surface area contributed by atoms with Crippen molar-refractivity contribution in [1.29, 1.82) is 0 Å². The summed E-state index contributed by atoms with van der Waals surface area (Å²) in [4.78, 5) is 13.4. The Balaban J connectivity index is 2.09. The van der Waals surface area contributed by atoms with Crippen LogP contribution in [0.1, 0.15) is 35.6 Å². The van der Waals surface area contributed by atoms with Crippen LogP contribution < -0.4 is 0 Å². The summed E-state index contributed by atoms with van der Waals surface area (Å²) >= 11 is 3.35. The van der Waals surface area contributed by atoms with Crippen molar-refractivity contribution in [3.63, 3.8) is 0 Å². The minimum absolute atomic E-state index is 0.440. The van der Waals surface area contributed by atoms with E-state index in [0.29, 0.717) is 24.9 Å². The van der Waals surface area contributed by atoms with Gasteiger partial charge >= 0.3 is 12.1 Å². The van der Waals surface area contributed by atoms with Crippen LogP contribution in [0.3, 0.4) is 0 Å². The number of hydrogen-bond acceptors (Lipinski definition) is 2. The van der Waals surface area contributed by atoms with E-state index < -0.39 is 29.8 Å². The summed E-state index contributed by atoms with van der Waals surface area (Å²) in [7, 11) is 0. The molecule has 1 aliphatic heterocycles. The van der Waals surface area contributed by atoms with Crippen molar-refractivity contribution in [3.8, 4) is 0 Å². The molecule has 2 unspecified atom stereocenters. The lowest BCUT2D eigenvalue weighted by Gasteiger charge is -2.32. The molecule has 1 aliphatic rings. The van der Waals surface area contributed by atoms with Gasteiger partial charge in [0.05, 0.1) is 11.6 Å². The van der Waals surface area contributed by atoms with Crippen molar-refractivity contribution in [2.75, 3.05) is 6.54 Å². The van der Waals surface area contributed by atoms with E-state index in [1.165, 1.54) is 6.07 Å². The molecule has 3 rings (SSSR count). The standard InChI is InChI=1S/C19H17BrF3NO2/c20-15-8-6-12(7-9-15)17(24-10-2-5-16(24)18(25)26)13-3-1-4-14(11-13)19(21,22)23/h1,3-4,6-9,11,16-17H,2,5,10H2,(H,25,26). The quantitative estimate of drug-likeness (QED) is 0.736. The van der Waals surface area contributed by atoms with Crippen LogP contribution in [0.2, 0.25) is 0 Å². The van der Waals surface area contributed by atoms with E-state index in [4.69, 9.17) is 0 Å². The van der Waals surface area contributed by atoms with Crippen molar-refractivity contribution in [2.45, 2.75) is 31.1 Å². The lowest BCUT2D eigenvalue weighted by atomic mass is 9.95. The van der Waals surface area contributed by atoms with Gasteiger partial charge in [0.25, 0.3) is 0 Å². The van der Waals surface area contributed by atoms with Gasteiger partial charge in [-0.25, -0.2) is 0 Å². The van der Waals surface area contributed by atoms with Gasteiger partial charge in [-0.15, -0.1) is 0 Å². The molecule has 0 aromatic heterocycles. The van der Waals surface area contributed by atoms with Crippen molar-refractivity contribution in [2.24, 2.45) is 0 Å². The van der Waals surface area contributed by atoms with Gasteiger partial charge in [-0.05, 0) is 48.2 Å². The molecular weight excluding hydrogens is 411 g/mol. The van der Waals surface area contributed by atoms with Gasteiger partial charge < -0.3 is 5.11 Å². The number of benzene rings is 2. The van der Waals surface area contributed by atoms with E-state index in [9.17, 15) is 23.1 Å². The van der Waals surface area contributed by atoms with Crippen LogP contribution in [-0.2, 0) is 11.0 Å². The molecule has 0 bridgehead atoms. The Hall–Kier alpha value is -1.86. The Kier molecular flexibility index (Phi) is 5.39. The van der Waals surface area contributed by atoms with E-state index in [1.807, 2.05) is 24.3 Å². The molecule has 0 amide bonds. The molecule has 138 valence electrons. The third-order valence-electron chi connectivity index (χ3n) is 4.63. The molecule has 0 aliphatic carbocycles. The number of carbonyl (C=O) groups is 1. The predicted molar refractivity (Wildman–Crippen MR) is 94.8 cm³/mol. The molecule has 2 aromatic rings. The molecule has 3 nitrogen and oxygen atoms in total. The molecule has 1 heterocycles. The topological polar surface area (TPSA) is 40.5 Å². The third-order valence-corrected chi connectivity index (χ3v) is 5.16. The average molecular weight is 428 g/mol. The Morgan fingerprint density at radius 3 is 2.46 bits per heavy atom. The molecule has 0 spiro atoms. The number of carboxylic acids is 1. The molecule has 2 atom stereocenters. The highest BCUT2D eigenvalue weighted by atomic mass is 79.9. The van der Waals surface area contributed by atoms with Crippen molar-refractivity contribution >= 4 is 21.9 Å². The van der Waals surface area contributed by atoms with Gasteiger partial charge in [-0.2, -0.15) is 13.2 Å². The van der Waals surface area contributed by atoms with Crippen LogP contribution >= 0.6 is 15.9 Å². The molecule has 0 radical (unpaired) electrons. The van der Waals surface area contributed by atoms with Crippen LogP contribution in [0.5, 0.6) is 0 Å². The first kappa shape index (κ1) is 18.9. The zero-order valence-electron chi connectivity index (χ0n) is 13.7. The number of aliphatic carboxylic acids is 1. The van der Waals surface area contributed by atoms with Crippen LogP contribution in [-0.4, -0.2) is 28.6 Å². The number of alkyl halides is 3. The summed E-state index contributed by atoms with van der Waals surface area (Å²) in [6, 6.07) is 11.1. The number of nitrogens with zero attached hydrogens (tertiary/aromatic N) is 1. The third kappa shape index (κ3) is 3.94. The predicted octanol–water partition coefficient (Wildman–Crippen LogP) is 5.11. The fourth-order valence-corrected chi connectivity index (χ4v) is 3.73. The normalized spacial score (nSPS) is 19.5. The first-order valence-corrected chi connectivity index (χ1v) is 8.98. The van der Waals surface area contributed by atoms with Crippen molar-refractivity contribution in [1.82, 2.24) is 4.90 Å². The van der Waals surface area contributed by atoms with E-state index >= 15 is 0 Å². The highest BCUT2D eigenvalue weighted by Crippen LogP contribution is 2.38. The molecule has 1 N–H and O–H groups in total.